The highest BCUT2D eigenvalue weighted by Crippen LogP contribution is 2.45. The lowest BCUT2D eigenvalue weighted by Gasteiger charge is -2.26. The van der Waals surface area contributed by atoms with Crippen LogP contribution in [0.5, 0.6) is 5.75 Å². The van der Waals surface area contributed by atoms with Crippen molar-refractivity contribution in [2.45, 2.75) is 18.8 Å². The van der Waals surface area contributed by atoms with Crippen LogP contribution in [0, 0.1) is 11.3 Å². The molecule has 1 aliphatic rings. The Hall–Kier alpha value is -4.84. The first-order valence-corrected chi connectivity index (χ1v) is 12.9. The molecular weight excluding hydrogens is 510 g/mol. The molecule has 6 rings (SSSR count). The molecule has 1 N–H and O–H groups in total. The molecule has 0 bridgehead atoms. The topological polar surface area (TPSA) is 105 Å². The van der Waals surface area contributed by atoms with Crippen LogP contribution in [0.15, 0.2) is 103 Å². The number of ether oxygens (including phenoxy) is 2. The number of benzene rings is 4. The minimum atomic E-state index is -1.99. The molecule has 8 heteroatoms. The monoisotopic (exact) mass is 531 g/mol. The largest absolute Gasteiger partial charge is 0.489 e. The standard InChI is InChI=1S/C31H21N3O4S/c32-18-21-8-6-20(7-9-21)16-26-29(23-10-15-27-28(17-23)34-39-33-27)30(35)38-31(26,36)24-11-13-25(14-12-24)37-19-22-4-2-1-3-5-22/h1-15,17,36H,16,19H2. The highest BCUT2D eigenvalue weighted by Gasteiger charge is 2.48. The maximum Gasteiger partial charge on any atom is 0.342 e. The number of carbonyl (C=O) groups is 1. The van der Waals surface area contributed by atoms with Crippen LogP contribution in [0.1, 0.15) is 27.8 Å². The summed E-state index contributed by atoms with van der Waals surface area (Å²) in [6, 6.07) is 31.2. The lowest BCUT2D eigenvalue weighted by atomic mass is 9.88. The van der Waals surface area contributed by atoms with Crippen molar-refractivity contribution in [3.05, 3.63) is 130 Å². The minimum absolute atomic E-state index is 0.225. The van der Waals surface area contributed by atoms with Crippen molar-refractivity contribution in [1.82, 2.24) is 8.75 Å². The molecule has 4 aromatic carbocycles. The molecule has 7 nitrogen and oxygen atoms in total. The van der Waals surface area contributed by atoms with Gasteiger partial charge in [0.25, 0.3) is 5.79 Å². The molecule has 1 aliphatic heterocycles. The maximum absolute atomic E-state index is 13.3. The third-order valence-electron chi connectivity index (χ3n) is 6.66. The smallest absolute Gasteiger partial charge is 0.342 e. The van der Waals surface area contributed by atoms with Gasteiger partial charge >= 0.3 is 5.97 Å². The van der Waals surface area contributed by atoms with E-state index in [1.807, 2.05) is 30.3 Å². The number of aromatic nitrogens is 2. The molecule has 39 heavy (non-hydrogen) atoms. The van der Waals surface area contributed by atoms with Gasteiger partial charge in [-0.25, -0.2) is 4.79 Å². The fraction of sp³-hybridized carbons (Fsp3) is 0.0968. The Labute approximate surface area is 228 Å². The second-order valence-corrected chi connectivity index (χ2v) is 9.67. The van der Waals surface area contributed by atoms with Gasteiger partial charge in [-0.1, -0.05) is 48.5 Å². The van der Waals surface area contributed by atoms with Crippen molar-refractivity contribution < 1.29 is 19.4 Å². The van der Waals surface area contributed by atoms with E-state index in [9.17, 15) is 15.2 Å². The molecule has 0 aliphatic carbocycles. The Morgan fingerprint density at radius 2 is 1.64 bits per heavy atom. The van der Waals surface area contributed by atoms with Crippen molar-refractivity contribution in [3.8, 4) is 11.8 Å². The Kier molecular flexibility index (Phi) is 6.37. The molecule has 0 radical (unpaired) electrons. The van der Waals surface area contributed by atoms with E-state index in [2.05, 4.69) is 14.8 Å². The highest BCUT2D eigenvalue weighted by atomic mass is 32.1. The number of aliphatic hydroxyl groups is 1. The van der Waals surface area contributed by atoms with Gasteiger partial charge in [-0.05, 0) is 65.2 Å². The fourth-order valence-corrected chi connectivity index (χ4v) is 5.15. The van der Waals surface area contributed by atoms with Gasteiger partial charge in [-0.15, -0.1) is 0 Å². The number of nitrogens with zero attached hydrogens (tertiary/aromatic N) is 3. The van der Waals surface area contributed by atoms with Crippen molar-refractivity contribution in [1.29, 1.82) is 5.26 Å². The molecule has 1 unspecified atom stereocenters. The third kappa shape index (κ3) is 4.77. The van der Waals surface area contributed by atoms with Crippen LogP contribution in [0.3, 0.4) is 0 Å². The first-order chi connectivity index (χ1) is 19.0. The SMILES string of the molecule is N#Cc1ccc(CC2=C(c3ccc4nsnc4c3)C(=O)OC2(O)c2ccc(OCc3ccccc3)cc2)cc1. The number of carbonyl (C=O) groups excluding carboxylic acids is 1. The van der Waals surface area contributed by atoms with Gasteiger partial charge in [-0.3, -0.25) is 0 Å². The third-order valence-corrected chi connectivity index (χ3v) is 7.21. The Morgan fingerprint density at radius 3 is 2.38 bits per heavy atom. The van der Waals surface area contributed by atoms with Crippen LogP contribution >= 0.6 is 11.7 Å². The number of hydrogen-bond acceptors (Lipinski definition) is 8. The van der Waals surface area contributed by atoms with E-state index in [4.69, 9.17) is 9.47 Å². The second kappa shape index (κ2) is 10.1. The van der Waals surface area contributed by atoms with Gasteiger partial charge in [0, 0.05) is 17.6 Å². The van der Waals surface area contributed by atoms with Gasteiger partial charge in [0.15, 0.2) is 0 Å². The molecule has 190 valence electrons. The van der Waals surface area contributed by atoms with Gasteiger partial charge in [0.05, 0.1) is 28.9 Å². The molecule has 1 atom stereocenters. The first-order valence-electron chi connectivity index (χ1n) is 12.2. The summed E-state index contributed by atoms with van der Waals surface area (Å²) in [6.45, 7) is 0.404. The normalized spacial score (nSPS) is 16.8. The lowest BCUT2D eigenvalue weighted by molar-refractivity contribution is -0.185. The fourth-order valence-electron chi connectivity index (χ4n) is 4.63. The summed E-state index contributed by atoms with van der Waals surface area (Å²) < 4.78 is 20.1. The summed E-state index contributed by atoms with van der Waals surface area (Å²) in [7, 11) is 0. The molecule has 2 heterocycles. The molecule has 5 aromatic rings. The average Bonchev–Trinajstić information content (AvgIpc) is 3.54. The van der Waals surface area contributed by atoms with E-state index >= 15 is 0 Å². The Bertz CT molecular complexity index is 1740. The van der Waals surface area contributed by atoms with Gasteiger partial charge in [0.1, 0.15) is 23.4 Å². The van der Waals surface area contributed by atoms with Gasteiger partial charge < -0.3 is 14.6 Å². The summed E-state index contributed by atoms with van der Waals surface area (Å²) >= 11 is 1.09. The van der Waals surface area contributed by atoms with Crippen LogP contribution in [0.4, 0.5) is 0 Å². The number of nitriles is 1. The molecule has 1 aromatic heterocycles. The first kappa shape index (κ1) is 24.5. The van der Waals surface area contributed by atoms with Crippen LogP contribution in [0.25, 0.3) is 16.6 Å². The van der Waals surface area contributed by atoms with E-state index in [1.54, 1.807) is 66.7 Å². The number of rotatable bonds is 7. The number of hydrogen-bond donors (Lipinski definition) is 1. The molecule has 0 spiro atoms. The zero-order valence-electron chi connectivity index (χ0n) is 20.6. The van der Waals surface area contributed by atoms with Crippen LogP contribution in [-0.4, -0.2) is 19.8 Å². The second-order valence-electron chi connectivity index (χ2n) is 9.14. The highest BCUT2D eigenvalue weighted by molar-refractivity contribution is 7.00. The summed E-state index contributed by atoms with van der Waals surface area (Å²) in [5.41, 5.74) is 5.43. The van der Waals surface area contributed by atoms with Gasteiger partial charge in [-0.2, -0.15) is 14.0 Å². The number of cyclic esters (lactones) is 1. The lowest BCUT2D eigenvalue weighted by Crippen LogP contribution is -2.29. The predicted octanol–water partition coefficient (Wildman–Crippen LogP) is 5.54. The number of fused-ring (bicyclic) bond motifs is 1. The van der Waals surface area contributed by atoms with Crippen molar-refractivity contribution in [2.24, 2.45) is 0 Å². The van der Waals surface area contributed by atoms with Crippen LogP contribution in [-0.2, 0) is 28.3 Å². The summed E-state index contributed by atoms with van der Waals surface area (Å²) in [5.74, 6) is -2.00. The minimum Gasteiger partial charge on any atom is -0.489 e. The van der Waals surface area contributed by atoms with Crippen molar-refractivity contribution in [2.75, 3.05) is 0 Å². The van der Waals surface area contributed by atoms with Crippen LogP contribution < -0.4 is 4.74 Å². The van der Waals surface area contributed by atoms with E-state index in [0.717, 1.165) is 28.4 Å². The van der Waals surface area contributed by atoms with Crippen molar-refractivity contribution in [3.63, 3.8) is 0 Å². The maximum atomic E-state index is 13.3. The Morgan fingerprint density at radius 1 is 0.897 bits per heavy atom. The van der Waals surface area contributed by atoms with E-state index in [-0.39, 0.29) is 12.0 Å². The number of esters is 1. The molecule has 0 amide bonds. The molecule has 0 saturated carbocycles. The predicted molar refractivity (Wildman–Crippen MR) is 146 cm³/mol. The quantitative estimate of drug-likeness (QED) is 0.275. The van der Waals surface area contributed by atoms with E-state index < -0.39 is 11.8 Å². The average molecular weight is 532 g/mol. The van der Waals surface area contributed by atoms with E-state index in [0.29, 0.717) is 40.1 Å². The molecular formula is C31H21N3O4S. The zero-order chi connectivity index (χ0) is 26.8. The van der Waals surface area contributed by atoms with E-state index in [1.165, 1.54) is 0 Å². The Balaban J connectivity index is 1.38. The van der Waals surface area contributed by atoms with Gasteiger partial charge in [0.2, 0.25) is 0 Å². The molecule has 0 saturated heterocycles. The van der Waals surface area contributed by atoms with Crippen LogP contribution in [0.2, 0.25) is 0 Å². The summed E-state index contributed by atoms with van der Waals surface area (Å²) in [5, 5.41) is 21.1. The van der Waals surface area contributed by atoms with Crippen molar-refractivity contribution >= 4 is 34.3 Å². The summed E-state index contributed by atoms with van der Waals surface area (Å²) in [4.78, 5) is 13.3. The molecule has 0 fully saturated rings. The summed E-state index contributed by atoms with van der Waals surface area (Å²) in [6.07, 6.45) is 0.225. The zero-order valence-corrected chi connectivity index (χ0v) is 21.4.